The summed E-state index contributed by atoms with van der Waals surface area (Å²) < 4.78 is 11.0. The van der Waals surface area contributed by atoms with E-state index in [-0.39, 0.29) is 34.7 Å². The highest BCUT2D eigenvalue weighted by Crippen LogP contribution is 2.39. The quantitative estimate of drug-likeness (QED) is 0.268. The minimum absolute atomic E-state index is 0.118. The number of aliphatic hydroxyl groups excluding tert-OH is 2. The van der Waals surface area contributed by atoms with E-state index in [1.807, 2.05) is 31.2 Å². The van der Waals surface area contributed by atoms with Crippen molar-refractivity contribution in [3.63, 3.8) is 0 Å². The highest BCUT2D eigenvalue weighted by atomic mass is 35.5. The fraction of sp³-hybridized carbons (Fsp3) is 0.250. The van der Waals surface area contributed by atoms with Crippen LogP contribution < -0.4 is 14.8 Å². The van der Waals surface area contributed by atoms with Crippen molar-refractivity contribution < 1.29 is 39.2 Å². The number of methoxy groups -OCH3 is 2. The molecule has 0 saturated carbocycles. The molecule has 210 valence electrons. The molecule has 0 aliphatic rings. The Morgan fingerprint density at radius 3 is 1.85 bits per heavy atom. The number of amides is 1. The summed E-state index contributed by atoms with van der Waals surface area (Å²) in [7, 11) is 4.15. The number of aldehydes is 1. The van der Waals surface area contributed by atoms with Gasteiger partial charge in [0.1, 0.15) is 17.8 Å². The first-order valence-electron chi connectivity index (χ1n) is 11.5. The molecule has 0 spiro atoms. The van der Waals surface area contributed by atoms with Crippen molar-refractivity contribution in [2.45, 2.75) is 26.0 Å². The molecular formula is C28H31Cl2NO8. The van der Waals surface area contributed by atoms with Gasteiger partial charge in [-0.3, -0.25) is 14.4 Å². The zero-order valence-electron chi connectivity index (χ0n) is 21.9. The summed E-state index contributed by atoms with van der Waals surface area (Å²) in [5.41, 5.74) is 3.83. The van der Waals surface area contributed by atoms with Crippen LogP contribution in [0.2, 0.25) is 10.0 Å². The van der Waals surface area contributed by atoms with Crippen LogP contribution in [0.25, 0.3) is 11.1 Å². The predicted octanol–water partition coefficient (Wildman–Crippen LogP) is 4.65. The summed E-state index contributed by atoms with van der Waals surface area (Å²) in [6.45, 7) is 1.51. The lowest BCUT2D eigenvalue weighted by atomic mass is 9.98. The van der Waals surface area contributed by atoms with Crippen LogP contribution in [-0.4, -0.2) is 61.4 Å². The van der Waals surface area contributed by atoms with Crippen LogP contribution in [0.1, 0.15) is 38.8 Å². The van der Waals surface area contributed by atoms with E-state index in [0.29, 0.717) is 35.3 Å². The van der Waals surface area contributed by atoms with Crippen molar-refractivity contribution in [1.29, 1.82) is 0 Å². The van der Waals surface area contributed by atoms with Gasteiger partial charge < -0.3 is 30.1 Å². The Balaban J connectivity index is 0.00000142. The number of benzene rings is 3. The number of halogens is 2. The molecule has 0 aliphatic carbocycles. The van der Waals surface area contributed by atoms with Crippen LogP contribution in [-0.2, 0) is 17.8 Å². The highest BCUT2D eigenvalue weighted by molar-refractivity contribution is 6.40. The average molecular weight is 580 g/mol. The van der Waals surface area contributed by atoms with Crippen LogP contribution in [0.15, 0.2) is 48.5 Å². The fourth-order valence-corrected chi connectivity index (χ4v) is 4.40. The number of ether oxygens (including phenoxy) is 2. The van der Waals surface area contributed by atoms with Crippen molar-refractivity contribution >= 4 is 41.9 Å². The molecule has 0 saturated heterocycles. The molecular weight excluding hydrogens is 549 g/mol. The molecule has 3 aromatic carbocycles. The molecule has 1 atom stereocenters. The molecule has 0 fully saturated rings. The van der Waals surface area contributed by atoms with Crippen molar-refractivity contribution in [1.82, 2.24) is 5.32 Å². The third-order valence-corrected chi connectivity index (χ3v) is 5.93. The SMILES string of the molecule is CO.COc1cc(CO)cc(OC)c1-c1ccc(CC(C)NC(=O)c2c(Cl)cc(C=O)cc2Cl)cc1.O=CO. The van der Waals surface area contributed by atoms with E-state index < -0.39 is 5.91 Å². The second-order valence-electron chi connectivity index (χ2n) is 7.89. The summed E-state index contributed by atoms with van der Waals surface area (Å²) in [6, 6.07) is 14.0. The normalized spacial score (nSPS) is 10.6. The molecule has 1 unspecified atom stereocenters. The number of rotatable bonds is 9. The van der Waals surface area contributed by atoms with Gasteiger partial charge in [-0.2, -0.15) is 0 Å². The zero-order chi connectivity index (χ0) is 29.5. The number of hydrogen-bond donors (Lipinski definition) is 4. The van der Waals surface area contributed by atoms with E-state index in [0.717, 1.165) is 23.8 Å². The summed E-state index contributed by atoms with van der Waals surface area (Å²) in [6.07, 6.45) is 1.20. The maximum absolute atomic E-state index is 12.7. The largest absolute Gasteiger partial charge is 0.496 e. The second-order valence-corrected chi connectivity index (χ2v) is 8.71. The second kappa shape index (κ2) is 17.1. The van der Waals surface area contributed by atoms with Crippen LogP contribution in [0, 0.1) is 0 Å². The smallest absolute Gasteiger partial charge is 0.290 e. The molecule has 0 aromatic heterocycles. The van der Waals surface area contributed by atoms with E-state index in [1.54, 1.807) is 26.4 Å². The van der Waals surface area contributed by atoms with E-state index in [2.05, 4.69) is 5.32 Å². The summed E-state index contributed by atoms with van der Waals surface area (Å²) in [5.74, 6) is 0.798. The molecule has 1 amide bonds. The average Bonchev–Trinajstić information content (AvgIpc) is 2.93. The molecule has 9 nitrogen and oxygen atoms in total. The van der Waals surface area contributed by atoms with E-state index in [1.165, 1.54) is 12.1 Å². The summed E-state index contributed by atoms with van der Waals surface area (Å²) in [5, 5.41) is 26.5. The van der Waals surface area contributed by atoms with Crippen LogP contribution >= 0.6 is 23.2 Å². The van der Waals surface area contributed by atoms with Crippen molar-refractivity contribution in [2.24, 2.45) is 0 Å². The molecule has 4 N–H and O–H groups in total. The Morgan fingerprint density at radius 2 is 1.44 bits per heavy atom. The van der Waals surface area contributed by atoms with Gasteiger partial charge in [-0.05, 0) is 54.3 Å². The number of carboxylic acid groups (broad SMARTS) is 1. The van der Waals surface area contributed by atoms with E-state index in [9.17, 15) is 14.7 Å². The van der Waals surface area contributed by atoms with Gasteiger partial charge in [0, 0.05) is 18.7 Å². The third kappa shape index (κ3) is 9.26. The Bertz CT molecular complexity index is 1200. The van der Waals surface area contributed by atoms with Gasteiger partial charge in [-0.1, -0.05) is 47.5 Å². The number of carbonyl (C=O) groups is 3. The van der Waals surface area contributed by atoms with Gasteiger partial charge in [-0.15, -0.1) is 0 Å². The van der Waals surface area contributed by atoms with Gasteiger partial charge in [0.05, 0.1) is 42.0 Å². The minimum Gasteiger partial charge on any atom is -0.496 e. The summed E-state index contributed by atoms with van der Waals surface area (Å²) in [4.78, 5) is 32.0. The molecule has 0 aliphatic heterocycles. The lowest BCUT2D eigenvalue weighted by Gasteiger charge is -2.17. The van der Waals surface area contributed by atoms with Crippen LogP contribution in [0.5, 0.6) is 11.5 Å². The molecule has 0 bridgehead atoms. The van der Waals surface area contributed by atoms with Crippen LogP contribution in [0.3, 0.4) is 0 Å². The van der Waals surface area contributed by atoms with Crippen LogP contribution in [0.4, 0.5) is 0 Å². The Hall–Kier alpha value is -3.63. The first-order valence-corrected chi connectivity index (χ1v) is 12.2. The molecule has 0 heterocycles. The monoisotopic (exact) mass is 579 g/mol. The van der Waals surface area contributed by atoms with Gasteiger partial charge in [0.15, 0.2) is 0 Å². The lowest BCUT2D eigenvalue weighted by Crippen LogP contribution is -2.34. The Morgan fingerprint density at radius 1 is 0.949 bits per heavy atom. The molecule has 39 heavy (non-hydrogen) atoms. The Kier molecular flexibility index (Phi) is 14.6. The van der Waals surface area contributed by atoms with Gasteiger partial charge in [0.25, 0.3) is 12.4 Å². The van der Waals surface area contributed by atoms with E-state index in [4.69, 9.17) is 47.7 Å². The molecule has 11 heteroatoms. The minimum atomic E-state index is -0.407. The number of carbonyl (C=O) groups excluding carboxylic acids is 2. The van der Waals surface area contributed by atoms with E-state index >= 15 is 0 Å². The number of hydrogen-bond acceptors (Lipinski definition) is 7. The maximum atomic E-state index is 12.7. The van der Waals surface area contributed by atoms with Crippen molar-refractivity contribution in [2.75, 3.05) is 21.3 Å². The third-order valence-electron chi connectivity index (χ3n) is 5.34. The standard InChI is InChI=1S/C26H25Cl2NO5.CH2O2.CH4O/c1-15(29-26(32)25-20(27)9-17(13-30)10-21(25)28)8-16-4-6-19(7-5-16)24-22(33-2)11-18(14-31)12-23(24)34-3;2-1-3;1-2/h4-7,9-13,15,31H,8,14H2,1-3H3,(H,29,32);1H,(H,2,3);2H,1H3. The van der Waals surface area contributed by atoms with Gasteiger partial charge in [0.2, 0.25) is 0 Å². The highest BCUT2D eigenvalue weighted by Gasteiger charge is 2.19. The topological polar surface area (TPSA) is 142 Å². The van der Waals surface area contributed by atoms with Crippen molar-refractivity contribution in [3.05, 3.63) is 80.8 Å². The van der Waals surface area contributed by atoms with Gasteiger partial charge >= 0.3 is 0 Å². The lowest BCUT2D eigenvalue weighted by molar-refractivity contribution is -0.122. The van der Waals surface area contributed by atoms with Gasteiger partial charge in [-0.25, -0.2) is 0 Å². The first-order chi connectivity index (χ1) is 18.7. The fourth-order valence-electron chi connectivity index (χ4n) is 3.73. The maximum Gasteiger partial charge on any atom is 0.290 e. The molecule has 3 aromatic rings. The number of aliphatic hydroxyl groups is 2. The molecule has 3 rings (SSSR count). The number of nitrogens with one attached hydrogen (secondary N) is 1. The first kappa shape index (κ1) is 33.4. The molecule has 0 radical (unpaired) electrons. The zero-order valence-corrected chi connectivity index (χ0v) is 23.4. The Labute approximate surface area is 236 Å². The van der Waals surface area contributed by atoms with Crippen molar-refractivity contribution in [3.8, 4) is 22.6 Å². The predicted molar refractivity (Wildman–Crippen MR) is 150 cm³/mol. The summed E-state index contributed by atoms with van der Waals surface area (Å²) >= 11 is 12.3.